The molecular weight excluding hydrogens is 380 g/mol. The molecule has 150 valence electrons. The number of Topliss-reactive ketones (excluding diaryl/α,β-unsaturated/α-hetero) is 1. The van der Waals surface area contributed by atoms with Gasteiger partial charge in [0.1, 0.15) is 12.4 Å². The van der Waals surface area contributed by atoms with Gasteiger partial charge in [-0.2, -0.15) is 0 Å². The van der Waals surface area contributed by atoms with Crippen molar-refractivity contribution in [2.75, 3.05) is 6.54 Å². The highest BCUT2D eigenvalue weighted by Gasteiger charge is 2.37. The van der Waals surface area contributed by atoms with Crippen LogP contribution in [-0.2, 0) is 11.4 Å². The fourth-order valence-corrected chi connectivity index (χ4v) is 4.47. The van der Waals surface area contributed by atoms with Gasteiger partial charge in [0.15, 0.2) is 10.9 Å². The summed E-state index contributed by atoms with van der Waals surface area (Å²) in [6, 6.07) is 16.0. The van der Waals surface area contributed by atoms with Crippen LogP contribution in [0.1, 0.15) is 48.9 Å². The van der Waals surface area contributed by atoms with Gasteiger partial charge in [-0.05, 0) is 50.5 Å². The molecule has 1 aliphatic heterocycles. The Morgan fingerprint density at radius 3 is 2.66 bits per heavy atom. The molecule has 2 aliphatic rings. The fourth-order valence-electron chi connectivity index (χ4n) is 4.11. The number of ether oxygens (including phenoxy) is 1. The van der Waals surface area contributed by atoms with Crippen LogP contribution in [0.15, 0.2) is 59.8 Å². The molecule has 2 aromatic rings. The minimum atomic E-state index is -0.262. The van der Waals surface area contributed by atoms with E-state index in [1.54, 1.807) is 0 Å². The number of allylic oxidation sites excluding steroid dienone is 1. The molecule has 4 nitrogen and oxygen atoms in total. The van der Waals surface area contributed by atoms with Gasteiger partial charge in [0.05, 0.1) is 6.04 Å². The van der Waals surface area contributed by atoms with Crippen LogP contribution in [0.3, 0.4) is 0 Å². The summed E-state index contributed by atoms with van der Waals surface area (Å²) < 4.78 is 6.19. The lowest BCUT2D eigenvalue weighted by atomic mass is 9.84. The average molecular weight is 407 g/mol. The fraction of sp³-hybridized carbons (Fsp3) is 0.333. The lowest BCUT2D eigenvalue weighted by Gasteiger charge is -2.40. The maximum Gasteiger partial charge on any atom is 0.173 e. The third kappa shape index (κ3) is 3.92. The zero-order valence-corrected chi connectivity index (χ0v) is 17.7. The molecule has 2 aromatic carbocycles. The molecule has 1 atom stereocenters. The van der Waals surface area contributed by atoms with Crippen molar-refractivity contribution in [3.63, 3.8) is 0 Å². The zero-order chi connectivity index (χ0) is 20.4. The topological polar surface area (TPSA) is 41.6 Å². The number of nitrogens with zero attached hydrogens (tertiary/aromatic N) is 1. The van der Waals surface area contributed by atoms with Gasteiger partial charge >= 0.3 is 0 Å². The average Bonchev–Trinajstić information content (AvgIpc) is 2.73. The van der Waals surface area contributed by atoms with E-state index in [9.17, 15) is 4.79 Å². The van der Waals surface area contributed by atoms with Crippen molar-refractivity contribution in [1.29, 1.82) is 0 Å². The number of hydrogen-bond donors (Lipinski definition) is 1. The summed E-state index contributed by atoms with van der Waals surface area (Å²) in [6.45, 7) is 5.38. The van der Waals surface area contributed by atoms with Crippen LogP contribution in [0.2, 0.25) is 0 Å². The normalized spacial score (nSPS) is 19.1. The van der Waals surface area contributed by atoms with Crippen molar-refractivity contribution in [3.05, 3.63) is 76.5 Å². The van der Waals surface area contributed by atoms with Crippen LogP contribution in [-0.4, -0.2) is 22.3 Å². The van der Waals surface area contributed by atoms with E-state index in [-0.39, 0.29) is 11.8 Å². The Morgan fingerprint density at radius 1 is 1.14 bits per heavy atom. The number of rotatable bonds is 5. The van der Waals surface area contributed by atoms with Crippen LogP contribution in [0.25, 0.3) is 0 Å². The second-order valence-electron chi connectivity index (χ2n) is 7.58. The maximum atomic E-state index is 12.9. The van der Waals surface area contributed by atoms with E-state index in [1.165, 1.54) is 5.56 Å². The number of carbonyl (C=O) groups excluding carboxylic acids is 1. The van der Waals surface area contributed by atoms with Crippen LogP contribution in [0, 0.1) is 6.92 Å². The summed E-state index contributed by atoms with van der Waals surface area (Å²) in [4.78, 5) is 15.0. The monoisotopic (exact) mass is 406 g/mol. The molecule has 0 saturated carbocycles. The van der Waals surface area contributed by atoms with E-state index in [0.29, 0.717) is 18.1 Å². The number of nitrogens with one attached hydrogen (secondary N) is 1. The van der Waals surface area contributed by atoms with E-state index in [4.69, 9.17) is 17.0 Å². The summed E-state index contributed by atoms with van der Waals surface area (Å²) in [5, 5.41) is 4.09. The number of ketones is 1. The highest BCUT2D eigenvalue weighted by atomic mass is 32.1. The molecule has 0 fully saturated rings. The number of benzene rings is 2. The molecule has 4 rings (SSSR count). The van der Waals surface area contributed by atoms with Gasteiger partial charge < -0.3 is 15.0 Å². The molecular formula is C24H26N2O2S. The third-order valence-electron chi connectivity index (χ3n) is 5.62. The van der Waals surface area contributed by atoms with Crippen molar-refractivity contribution < 1.29 is 9.53 Å². The van der Waals surface area contributed by atoms with E-state index in [0.717, 1.165) is 47.5 Å². The molecule has 0 radical (unpaired) electrons. The van der Waals surface area contributed by atoms with Crippen LogP contribution < -0.4 is 10.1 Å². The van der Waals surface area contributed by atoms with E-state index < -0.39 is 0 Å². The molecule has 1 unspecified atom stereocenters. The van der Waals surface area contributed by atoms with Crippen molar-refractivity contribution >= 4 is 23.1 Å². The van der Waals surface area contributed by atoms with Gasteiger partial charge in [0.25, 0.3) is 0 Å². The molecule has 0 bridgehead atoms. The molecule has 0 saturated heterocycles. The highest BCUT2D eigenvalue weighted by Crippen LogP contribution is 2.40. The van der Waals surface area contributed by atoms with Crippen molar-refractivity contribution in [1.82, 2.24) is 10.2 Å². The largest absolute Gasteiger partial charge is 0.489 e. The Labute approximate surface area is 177 Å². The molecule has 5 heteroatoms. The number of aryl methyl sites for hydroxylation is 1. The predicted molar refractivity (Wildman–Crippen MR) is 119 cm³/mol. The first-order valence-electron chi connectivity index (χ1n) is 10.2. The first kappa shape index (κ1) is 19.6. The van der Waals surface area contributed by atoms with E-state index in [1.807, 2.05) is 24.3 Å². The summed E-state index contributed by atoms with van der Waals surface area (Å²) in [7, 11) is 0. The Balaban J connectivity index is 1.68. The SMILES string of the molecule is CCN1C(=S)NC(c2ccccc2OCc2ccc(C)cc2)C2=C1CCCC2=O. The lowest BCUT2D eigenvalue weighted by molar-refractivity contribution is -0.116. The second kappa shape index (κ2) is 8.37. The molecule has 1 N–H and O–H groups in total. The van der Waals surface area contributed by atoms with Gasteiger partial charge in [0, 0.05) is 29.8 Å². The summed E-state index contributed by atoms with van der Waals surface area (Å²) in [5.41, 5.74) is 5.22. The van der Waals surface area contributed by atoms with Crippen molar-refractivity contribution in [2.45, 2.75) is 45.8 Å². The first-order valence-corrected chi connectivity index (χ1v) is 10.6. The number of hydrogen-bond acceptors (Lipinski definition) is 3. The van der Waals surface area contributed by atoms with Crippen LogP contribution >= 0.6 is 12.2 Å². The summed E-state index contributed by atoms with van der Waals surface area (Å²) in [6.07, 6.45) is 2.36. The number of thiocarbonyl (C=S) groups is 1. The zero-order valence-electron chi connectivity index (χ0n) is 16.9. The minimum absolute atomic E-state index is 0.207. The van der Waals surface area contributed by atoms with Crippen molar-refractivity contribution in [3.8, 4) is 5.75 Å². The van der Waals surface area contributed by atoms with E-state index in [2.05, 4.69) is 48.3 Å². The molecule has 1 aliphatic carbocycles. The number of para-hydroxylation sites is 1. The number of carbonyl (C=O) groups is 1. The smallest absolute Gasteiger partial charge is 0.173 e. The quantitative estimate of drug-likeness (QED) is 0.720. The Bertz CT molecular complexity index is 965. The van der Waals surface area contributed by atoms with Crippen LogP contribution in [0.4, 0.5) is 0 Å². The predicted octanol–water partition coefficient (Wildman–Crippen LogP) is 4.83. The van der Waals surface area contributed by atoms with Gasteiger partial charge in [-0.3, -0.25) is 4.79 Å². The molecule has 29 heavy (non-hydrogen) atoms. The van der Waals surface area contributed by atoms with Gasteiger partial charge in [0.2, 0.25) is 0 Å². The van der Waals surface area contributed by atoms with E-state index >= 15 is 0 Å². The molecule has 0 spiro atoms. The van der Waals surface area contributed by atoms with Gasteiger partial charge in [-0.25, -0.2) is 0 Å². The van der Waals surface area contributed by atoms with Gasteiger partial charge in [-0.15, -0.1) is 0 Å². The molecule has 0 amide bonds. The summed E-state index contributed by atoms with van der Waals surface area (Å²) >= 11 is 5.64. The van der Waals surface area contributed by atoms with Gasteiger partial charge in [-0.1, -0.05) is 48.0 Å². The summed E-state index contributed by atoms with van der Waals surface area (Å²) in [5.74, 6) is 0.988. The Kier molecular flexibility index (Phi) is 5.67. The lowest BCUT2D eigenvalue weighted by Crippen LogP contribution is -2.49. The molecule has 1 heterocycles. The highest BCUT2D eigenvalue weighted by molar-refractivity contribution is 7.80. The maximum absolute atomic E-state index is 12.9. The third-order valence-corrected chi connectivity index (χ3v) is 5.96. The molecule has 0 aromatic heterocycles. The minimum Gasteiger partial charge on any atom is -0.489 e. The standard InChI is InChI=1S/C24H26N2O2S/c1-3-26-19-8-6-9-20(27)22(19)23(25-24(26)29)18-7-4-5-10-21(18)28-15-17-13-11-16(2)12-14-17/h4-5,7,10-14,23H,3,6,8-9,15H2,1-2H3,(H,25,29). The Morgan fingerprint density at radius 2 is 1.90 bits per heavy atom. The van der Waals surface area contributed by atoms with Crippen molar-refractivity contribution in [2.24, 2.45) is 0 Å². The Hall–Kier alpha value is -2.66. The second-order valence-corrected chi connectivity index (χ2v) is 7.96. The van der Waals surface area contributed by atoms with Crippen LogP contribution in [0.5, 0.6) is 5.75 Å². The first-order chi connectivity index (χ1) is 14.1.